The molecular weight excluding hydrogens is 271 g/mol. The van der Waals surface area contributed by atoms with Gasteiger partial charge in [-0.1, -0.05) is 12.1 Å². The lowest BCUT2D eigenvalue weighted by Crippen LogP contribution is -2.04. The lowest BCUT2D eigenvalue weighted by molar-refractivity contribution is 0.617. The summed E-state index contributed by atoms with van der Waals surface area (Å²) in [4.78, 5) is 1.05. The van der Waals surface area contributed by atoms with Crippen molar-refractivity contribution in [3.63, 3.8) is 0 Å². The minimum atomic E-state index is -0.274. The van der Waals surface area contributed by atoms with E-state index in [-0.39, 0.29) is 11.9 Å². The average molecular weight is 286 g/mol. The minimum Gasteiger partial charge on any atom is -0.324 e. The van der Waals surface area contributed by atoms with Crippen molar-refractivity contribution >= 4 is 11.8 Å². The van der Waals surface area contributed by atoms with E-state index >= 15 is 0 Å². The smallest absolute Gasteiger partial charge is 0.127 e. The molecule has 20 heavy (non-hydrogen) atoms. The van der Waals surface area contributed by atoms with Gasteiger partial charge in [0.05, 0.1) is 11.6 Å². The predicted octanol–water partition coefficient (Wildman–Crippen LogP) is 4.01. The van der Waals surface area contributed by atoms with Crippen LogP contribution in [0.2, 0.25) is 0 Å². The molecule has 0 aromatic heterocycles. The van der Waals surface area contributed by atoms with Gasteiger partial charge in [0.1, 0.15) is 5.82 Å². The third-order valence-corrected chi connectivity index (χ3v) is 4.04. The Balaban J connectivity index is 2.07. The molecule has 0 heterocycles. The van der Waals surface area contributed by atoms with Crippen LogP contribution in [0.5, 0.6) is 0 Å². The number of rotatable bonds is 4. The summed E-state index contributed by atoms with van der Waals surface area (Å²) in [5.41, 5.74) is 7.90. The first-order valence-electron chi connectivity index (χ1n) is 6.27. The molecule has 2 rings (SSSR count). The highest BCUT2D eigenvalue weighted by atomic mass is 32.2. The molecule has 0 saturated carbocycles. The zero-order valence-corrected chi connectivity index (χ0v) is 12.0. The second-order valence-corrected chi connectivity index (χ2v) is 5.61. The largest absolute Gasteiger partial charge is 0.324 e. The molecule has 0 fully saturated rings. The Kier molecular flexibility index (Phi) is 4.78. The zero-order chi connectivity index (χ0) is 14.5. The van der Waals surface area contributed by atoms with E-state index in [1.807, 2.05) is 37.3 Å². The molecule has 0 aliphatic heterocycles. The molecule has 2 aromatic carbocycles. The molecule has 2 nitrogen and oxygen atoms in total. The van der Waals surface area contributed by atoms with Gasteiger partial charge in [-0.25, -0.2) is 4.39 Å². The van der Waals surface area contributed by atoms with Crippen molar-refractivity contribution in [2.24, 2.45) is 5.73 Å². The van der Waals surface area contributed by atoms with Crippen LogP contribution in [0.25, 0.3) is 0 Å². The summed E-state index contributed by atoms with van der Waals surface area (Å²) in [6.45, 7) is 1.94. The zero-order valence-electron chi connectivity index (χ0n) is 11.1. The van der Waals surface area contributed by atoms with Gasteiger partial charge in [-0.2, -0.15) is 5.26 Å². The van der Waals surface area contributed by atoms with Crippen molar-refractivity contribution in [3.05, 3.63) is 65.0 Å². The highest BCUT2D eigenvalue weighted by Gasteiger charge is 2.05. The van der Waals surface area contributed by atoms with Gasteiger partial charge in [0.2, 0.25) is 0 Å². The quantitative estimate of drug-likeness (QED) is 0.864. The number of hydrogen-bond acceptors (Lipinski definition) is 3. The first-order valence-corrected chi connectivity index (χ1v) is 7.25. The van der Waals surface area contributed by atoms with Crippen molar-refractivity contribution in [2.45, 2.75) is 23.6 Å². The lowest BCUT2D eigenvalue weighted by Gasteiger charge is -2.07. The average Bonchev–Trinajstić information content (AvgIpc) is 2.47. The van der Waals surface area contributed by atoms with Crippen LogP contribution in [-0.2, 0) is 5.75 Å². The van der Waals surface area contributed by atoms with Crippen LogP contribution < -0.4 is 5.73 Å². The molecule has 0 amide bonds. The third-order valence-electron chi connectivity index (χ3n) is 2.98. The standard InChI is InChI=1S/C16H15FN2S/c1-11(19)13-3-5-15(6-4-13)20-10-14-8-12(9-18)2-7-16(14)17/h2-8,11H,10,19H2,1H3. The molecule has 0 bridgehead atoms. The lowest BCUT2D eigenvalue weighted by atomic mass is 10.1. The summed E-state index contributed by atoms with van der Waals surface area (Å²) in [6.07, 6.45) is 0. The van der Waals surface area contributed by atoms with E-state index in [0.717, 1.165) is 10.5 Å². The third kappa shape index (κ3) is 3.60. The number of thioether (sulfide) groups is 1. The number of nitriles is 1. The summed E-state index contributed by atoms with van der Waals surface area (Å²) in [5, 5.41) is 8.83. The van der Waals surface area contributed by atoms with Crippen LogP contribution in [0.1, 0.15) is 29.7 Å². The van der Waals surface area contributed by atoms with E-state index in [0.29, 0.717) is 16.9 Å². The highest BCUT2D eigenvalue weighted by molar-refractivity contribution is 7.98. The first-order chi connectivity index (χ1) is 9.60. The van der Waals surface area contributed by atoms with Gasteiger partial charge < -0.3 is 5.73 Å². The van der Waals surface area contributed by atoms with E-state index in [1.54, 1.807) is 6.07 Å². The normalized spacial score (nSPS) is 11.9. The summed E-state index contributed by atoms with van der Waals surface area (Å²) in [5.74, 6) is 0.225. The van der Waals surface area contributed by atoms with Gasteiger partial charge in [0, 0.05) is 16.7 Å². The Labute approximate surface area is 122 Å². The van der Waals surface area contributed by atoms with E-state index in [9.17, 15) is 4.39 Å². The van der Waals surface area contributed by atoms with Crippen molar-refractivity contribution in [1.29, 1.82) is 5.26 Å². The number of nitrogens with zero attached hydrogens (tertiary/aromatic N) is 1. The molecule has 0 aliphatic carbocycles. The second-order valence-electron chi connectivity index (χ2n) is 4.56. The van der Waals surface area contributed by atoms with Gasteiger partial charge in [-0.15, -0.1) is 11.8 Å². The van der Waals surface area contributed by atoms with E-state index < -0.39 is 0 Å². The molecule has 2 N–H and O–H groups in total. The Bertz CT molecular complexity index is 630. The Morgan fingerprint density at radius 2 is 1.95 bits per heavy atom. The maximum atomic E-state index is 13.6. The van der Waals surface area contributed by atoms with Crippen LogP contribution in [0.15, 0.2) is 47.4 Å². The van der Waals surface area contributed by atoms with Crippen LogP contribution in [0.3, 0.4) is 0 Å². The van der Waals surface area contributed by atoms with Crippen LogP contribution >= 0.6 is 11.8 Å². The maximum absolute atomic E-state index is 13.6. The Morgan fingerprint density at radius 3 is 2.55 bits per heavy atom. The van der Waals surface area contributed by atoms with Gasteiger partial charge >= 0.3 is 0 Å². The molecule has 0 spiro atoms. The van der Waals surface area contributed by atoms with Gasteiger partial charge in [0.25, 0.3) is 0 Å². The first kappa shape index (κ1) is 14.6. The molecule has 1 unspecified atom stereocenters. The van der Waals surface area contributed by atoms with Crippen LogP contribution in [0.4, 0.5) is 4.39 Å². The minimum absolute atomic E-state index is 0.0128. The molecule has 4 heteroatoms. The number of halogens is 1. The van der Waals surface area contributed by atoms with Crippen LogP contribution in [0, 0.1) is 17.1 Å². The van der Waals surface area contributed by atoms with Gasteiger partial charge in [-0.05, 0) is 48.4 Å². The molecular formula is C16H15FN2S. The fourth-order valence-corrected chi connectivity index (χ4v) is 2.66. The predicted molar refractivity (Wildman–Crippen MR) is 79.7 cm³/mol. The van der Waals surface area contributed by atoms with E-state index in [2.05, 4.69) is 0 Å². The SMILES string of the molecule is CC(N)c1ccc(SCc2cc(C#N)ccc2F)cc1. The number of benzene rings is 2. The van der Waals surface area contributed by atoms with Crippen molar-refractivity contribution in [3.8, 4) is 6.07 Å². The summed E-state index contributed by atoms with van der Waals surface area (Å²) in [7, 11) is 0. The van der Waals surface area contributed by atoms with Crippen molar-refractivity contribution < 1.29 is 4.39 Å². The van der Waals surface area contributed by atoms with Crippen LogP contribution in [-0.4, -0.2) is 0 Å². The fourth-order valence-electron chi connectivity index (χ4n) is 1.78. The summed E-state index contributed by atoms with van der Waals surface area (Å²) in [6, 6.07) is 14.4. The van der Waals surface area contributed by atoms with Gasteiger partial charge in [0.15, 0.2) is 0 Å². The molecule has 2 aromatic rings. The summed E-state index contributed by atoms with van der Waals surface area (Å²) >= 11 is 1.54. The Hall–Kier alpha value is -1.83. The van der Waals surface area contributed by atoms with Crippen molar-refractivity contribution in [1.82, 2.24) is 0 Å². The molecule has 0 saturated heterocycles. The highest BCUT2D eigenvalue weighted by Crippen LogP contribution is 2.25. The second kappa shape index (κ2) is 6.56. The topological polar surface area (TPSA) is 49.8 Å². The van der Waals surface area contributed by atoms with E-state index in [4.69, 9.17) is 11.0 Å². The molecule has 1 atom stereocenters. The maximum Gasteiger partial charge on any atom is 0.127 e. The molecule has 0 aliphatic rings. The fraction of sp³-hybridized carbons (Fsp3) is 0.188. The monoisotopic (exact) mass is 286 g/mol. The van der Waals surface area contributed by atoms with E-state index in [1.165, 1.54) is 23.9 Å². The number of hydrogen-bond donors (Lipinski definition) is 1. The van der Waals surface area contributed by atoms with Crippen molar-refractivity contribution in [2.75, 3.05) is 0 Å². The van der Waals surface area contributed by atoms with Gasteiger partial charge in [-0.3, -0.25) is 0 Å². The Morgan fingerprint density at radius 1 is 1.25 bits per heavy atom. The molecule has 102 valence electrons. The summed E-state index contributed by atoms with van der Waals surface area (Å²) < 4.78 is 13.6. The number of nitrogens with two attached hydrogens (primary N) is 1. The molecule has 0 radical (unpaired) electrons.